The fourth-order valence-corrected chi connectivity index (χ4v) is 3.50. The summed E-state index contributed by atoms with van der Waals surface area (Å²) in [4.78, 5) is 20.3. The van der Waals surface area contributed by atoms with Crippen LogP contribution in [0, 0.1) is 6.92 Å². The van der Waals surface area contributed by atoms with Crippen LogP contribution in [-0.2, 0) is 6.42 Å². The molecule has 1 fully saturated rings. The standard InChI is InChI=1S/C17H21N3OS/c1-3-14-6-8-15(9-7-14)20-12-13(2)22-17(20)18-16(21)19-10-4-5-11-19/h6-9,12H,3-5,10-11H2,1-2H3/b18-17-. The Bertz CT molecular complexity index is 721. The largest absolute Gasteiger partial charge is 0.346 e. The maximum atomic E-state index is 12.3. The lowest BCUT2D eigenvalue weighted by Crippen LogP contribution is -2.27. The van der Waals surface area contributed by atoms with Crippen LogP contribution < -0.4 is 4.80 Å². The highest BCUT2D eigenvalue weighted by molar-refractivity contribution is 7.09. The molecule has 116 valence electrons. The van der Waals surface area contributed by atoms with Gasteiger partial charge in [-0.05, 0) is 43.9 Å². The van der Waals surface area contributed by atoms with Gasteiger partial charge >= 0.3 is 6.03 Å². The summed E-state index contributed by atoms with van der Waals surface area (Å²) in [5, 5.41) is 0. The smallest absolute Gasteiger partial charge is 0.323 e. The number of carbonyl (C=O) groups excluding carboxylic acids is 1. The number of hydrogen-bond donors (Lipinski definition) is 0. The van der Waals surface area contributed by atoms with E-state index in [4.69, 9.17) is 0 Å². The lowest BCUT2D eigenvalue weighted by Gasteiger charge is -2.10. The van der Waals surface area contributed by atoms with E-state index in [0.29, 0.717) is 0 Å². The molecule has 2 aromatic rings. The summed E-state index contributed by atoms with van der Waals surface area (Å²) < 4.78 is 2.01. The Morgan fingerprint density at radius 3 is 2.55 bits per heavy atom. The number of urea groups is 1. The summed E-state index contributed by atoms with van der Waals surface area (Å²) in [5.74, 6) is 0. The molecule has 3 rings (SSSR count). The van der Waals surface area contributed by atoms with Crippen LogP contribution in [0.3, 0.4) is 0 Å². The fraction of sp³-hybridized carbons (Fsp3) is 0.412. The third-order valence-corrected chi connectivity index (χ3v) is 4.86. The Labute approximate surface area is 134 Å². The maximum Gasteiger partial charge on any atom is 0.346 e. The van der Waals surface area contributed by atoms with E-state index in [1.165, 1.54) is 5.56 Å². The van der Waals surface area contributed by atoms with Crippen LogP contribution in [0.5, 0.6) is 0 Å². The highest BCUT2D eigenvalue weighted by Gasteiger charge is 2.17. The van der Waals surface area contributed by atoms with Gasteiger partial charge in [0.2, 0.25) is 0 Å². The number of benzene rings is 1. The van der Waals surface area contributed by atoms with Crippen molar-refractivity contribution >= 4 is 17.4 Å². The number of nitrogens with zero attached hydrogens (tertiary/aromatic N) is 3. The van der Waals surface area contributed by atoms with Crippen LogP contribution in [0.4, 0.5) is 4.79 Å². The third-order valence-electron chi connectivity index (χ3n) is 3.96. The molecule has 0 spiro atoms. The molecule has 2 heterocycles. The summed E-state index contributed by atoms with van der Waals surface area (Å²) in [6.07, 6.45) is 5.24. The number of rotatable bonds is 2. The summed E-state index contributed by atoms with van der Waals surface area (Å²) >= 11 is 1.56. The SMILES string of the molecule is CCc1ccc(-n2cc(C)s/c2=N\C(=O)N2CCCC2)cc1. The number of amides is 2. The van der Waals surface area contributed by atoms with E-state index in [1.807, 2.05) is 22.6 Å². The first kappa shape index (κ1) is 15.0. The quantitative estimate of drug-likeness (QED) is 0.835. The second-order valence-corrected chi connectivity index (χ2v) is 6.82. The Hall–Kier alpha value is -1.88. The summed E-state index contributed by atoms with van der Waals surface area (Å²) in [5.41, 5.74) is 2.36. The van der Waals surface area contributed by atoms with E-state index in [1.54, 1.807) is 11.3 Å². The van der Waals surface area contributed by atoms with Crippen LogP contribution in [0.25, 0.3) is 5.69 Å². The van der Waals surface area contributed by atoms with Crippen molar-refractivity contribution in [2.45, 2.75) is 33.1 Å². The molecule has 1 saturated heterocycles. The van der Waals surface area contributed by atoms with Crippen LogP contribution in [-0.4, -0.2) is 28.6 Å². The highest BCUT2D eigenvalue weighted by atomic mass is 32.1. The average molecular weight is 315 g/mol. The minimum atomic E-state index is -0.113. The first-order valence-electron chi connectivity index (χ1n) is 7.79. The molecule has 5 heteroatoms. The molecule has 0 atom stereocenters. The molecule has 0 N–H and O–H groups in total. The van der Waals surface area contributed by atoms with E-state index in [9.17, 15) is 4.79 Å². The van der Waals surface area contributed by atoms with Gasteiger partial charge in [0.25, 0.3) is 0 Å². The first-order chi connectivity index (χ1) is 10.7. The molecule has 0 saturated carbocycles. The third kappa shape index (κ3) is 3.14. The number of hydrogen-bond acceptors (Lipinski definition) is 2. The van der Waals surface area contributed by atoms with Crippen molar-refractivity contribution in [2.75, 3.05) is 13.1 Å². The predicted molar refractivity (Wildman–Crippen MR) is 89.5 cm³/mol. The molecule has 1 aromatic carbocycles. The summed E-state index contributed by atoms with van der Waals surface area (Å²) in [7, 11) is 0. The molecule has 1 aliphatic rings. The van der Waals surface area contributed by atoms with E-state index >= 15 is 0 Å². The van der Waals surface area contributed by atoms with E-state index in [2.05, 4.69) is 36.2 Å². The monoisotopic (exact) mass is 315 g/mol. The number of likely N-dealkylation sites (tertiary alicyclic amines) is 1. The molecule has 0 radical (unpaired) electrons. The average Bonchev–Trinajstić information content (AvgIpc) is 3.17. The molecule has 1 aromatic heterocycles. The van der Waals surface area contributed by atoms with Crippen molar-refractivity contribution in [3.63, 3.8) is 0 Å². The zero-order chi connectivity index (χ0) is 15.5. The molecular weight excluding hydrogens is 294 g/mol. The Morgan fingerprint density at radius 1 is 1.23 bits per heavy atom. The van der Waals surface area contributed by atoms with Crippen molar-refractivity contribution < 1.29 is 4.79 Å². The minimum Gasteiger partial charge on any atom is -0.323 e. The Morgan fingerprint density at radius 2 is 1.91 bits per heavy atom. The van der Waals surface area contributed by atoms with Gasteiger partial charge in [-0.15, -0.1) is 11.3 Å². The fourth-order valence-electron chi connectivity index (χ4n) is 2.67. The Balaban J connectivity index is 1.96. The molecule has 0 unspecified atom stereocenters. The summed E-state index contributed by atoms with van der Waals surface area (Å²) in [6, 6.07) is 8.32. The van der Waals surface area contributed by atoms with Gasteiger partial charge in [0.1, 0.15) is 0 Å². The topological polar surface area (TPSA) is 37.6 Å². The molecule has 22 heavy (non-hydrogen) atoms. The number of carbonyl (C=O) groups is 1. The first-order valence-corrected chi connectivity index (χ1v) is 8.61. The second kappa shape index (κ2) is 6.48. The van der Waals surface area contributed by atoms with E-state index in [0.717, 1.165) is 47.7 Å². The van der Waals surface area contributed by atoms with Crippen molar-refractivity contribution in [3.8, 4) is 5.69 Å². The van der Waals surface area contributed by atoms with Crippen LogP contribution >= 0.6 is 11.3 Å². The van der Waals surface area contributed by atoms with Gasteiger partial charge in [-0.2, -0.15) is 4.99 Å². The van der Waals surface area contributed by atoms with Crippen LogP contribution in [0.2, 0.25) is 0 Å². The van der Waals surface area contributed by atoms with Gasteiger partial charge in [-0.3, -0.25) is 4.57 Å². The normalized spacial score (nSPS) is 15.5. The van der Waals surface area contributed by atoms with Gasteiger partial charge in [-0.25, -0.2) is 4.79 Å². The lowest BCUT2D eigenvalue weighted by molar-refractivity contribution is 0.218. The molecule has 1 aliphatic heterocycles. The van der Waals surface area contributed by atoms with Crippen molar-refractivity contribution in [3.05, 3.63) is 45.7 Å². The van der Waals surface area contributed by atoms with E-state index in [-0.39, 0.29) is 6.03 Å². The zero-order valence-electron chi connectivity index (χ0n) is 13.1. The summed E-state index contributed by atoms with van der Waals surface area (Å²) in [6.45, 7) is 5.85. The van der Waals surface area contributed by atoms with Crippen molar-refractivity contribution in [1.29, 1.82) is 0 Å². The van der Waals surface area contributed by atoms with Crippen molar-refractivity contribution in [1.82, 2.24) is 9.47 Å². The zero-order valence-corrected chi connectivity index (χ0v) is 13.9. The van der Waals surface area contributed by atoms with Gasteiger partial charge in [0.05, 0.1) is 0 Å². The number of thiazole rings is 1. The molecule has 4 nitrogen and oxygen atoms in total. The van der Waals surface area contributed by atoms with Crippen LogP contribution in [0.1, 0.15) is 30.2 Å². The van der Waals surface area contributed by atoms with Crippen LogP contribution in [0.15, 0.2) is 35.5 Å². The highest BCUT2D eigenvalue weighted by Crippen LogP contribution is 2.13. The predicted octanol–water partition coefficient (Wildman–Crippen LogP) is 3.53. The minimum absolute atomic E-state index is 0.113. The van der Waals surface area contributed by atoms with Gasteiger partial charge in [0, 0.05) is 29.9 Å². The molecule has 0 aliphatic carbocycles. The maximum absolute atomic E-state index is 12.3. The second-order valence-electron chi connectivity index (χ2n) is 5.60. The Kier molecular flexibility index (Phi) is 4.43. The number of aryl methyl sites for hydroxylation is 2. The number of aromatic nitrogens is 1. The lowest BCUT2D eigenvalue weighted by atomic mass is 10.1. The molecular formula is C17H21N3OS. The van der Waals surface area contributed by atoms with Gasteiger partial charge in [-0.1, -0.05) is 19.1 Å². The molecule has 0 bridgehead atoms. The van der Waals surface area contributed by atoms with Gasteiger partial charge in [0.15, 0.2) is 4.80 Å². The van der Waals surface area contributed by atoms with Gasteiger partial charge < -0.3 is 4.90 Å². The molecule has 2 amide bonds. The van der Waals surface area contributed by atoms with E-state index < -0.39 is 0 Å². The van der Waals surface area contributed by atoms with Crippen molar-refractivity contribution in [2.24, 2.45) is 4.99 Å².